The van der Waals surface area contributed by atoms with Gasteiger partial charge in [0.15, 0.2) is 4.96 Å². The molecule has 0 radical (unpaired) electrons. The van der Waals surface area contributed by atoms with Gasteiger partial charge in [-0.3, -0.25) is 14.0 Å². The van der Waals surface area contributed by atoms with Gasteiger partial charge >= 0.3 is 0 Å². The molecule has 0 aliphatic heterocycles. The molecule has 4 rings (SSSR count). The molecule has 132 valence electrons. The van der Waals surface area contributed by atoms with Crippen molar-refractivity contribution in [3.63, 3.8) is 0 Å². The van der Waals surface area contributed by atoms with Gasteiger partial charge in [-0.2, -0.15) is 0 Å². The van der Waals surface area contributed by atoms with E-state index in [1.54, 1.807) is 6.20 Å². The number of hydrogen-bond donors (Lipinski definition) is 2. The Morgan fingerprint density at radius 3 is 3.08 bits per heavy atom. The predicted octanol–water partition coefficient (Wildman–Crippen LogP) is 2.18. The highest BCUT2D eigenvalue weighted by molar-refractivity contribution is 7.99. The number of fused-ring (bicyclic) bond motifs is 2. The van der Waals surface area contributed by atoms with Crippen molar-refractivity contribution in [1.29, 1.82) is 0 Å². The molecule has 0 fully saturated rings. The van der Waals surface area contributed by atoms with Crippen molar-refractivity contribution in [2.75, 3.05) is 5.75 Å². The summed E-state index contributed by atoms with van der Waals surface area (Å²) in [6.45, 7) is 0.356. The van der Waals surface area contributed by atoms with Gasteiger partial charge in [0.1, 0.15) is 5.82 Å². The minimum absolute atomic E-state index is 0.0793. The van der Waals surface area contributed by atoms with Gasteiger partial charge in [-0.05, 0) is 12.1 Å². The number of carbonyl (C=O) groups excluding carboxylic acids is 1. The molecule has 0 aliphatic carbocycles. The van der Waals surface area contributed by atoms with Crippen LogP contribution in [0.15, 0.2) is 46.7 Å². The molecule has 26 heavy (non-hydrogen) atoms. The van der Waals surface area contributed by atoms with E-state index in [0.29, 0.717) is 28.7 Å². The molecule has 0 unspecified atom stereocenters. The number of imidazole rings is 1. The van der Waals surface area contributed by atoms with E-state index in [9.17, 15) is 9.59 Å². The highest BCUT2D eigenvalue weighted by Gasteiger charge is 2.07. The van der Waals surface area contributed by atoms with Crippen molar-refractivity contribution in [3.05, 3.63) is 63.8 Å². The van der Waals surface area contributed by atoms with E-state index in [4.69, 9.17) is 0 Å². The summed E-state index contributed by atoms with van der Waals surface area (Å²) in [5.41, 5.74) is 2.42. The first-order valence-corrected chi connectivity index (χ1v) is 9.96. The highest BCUT2D eigenvalue weighted by atomic mass is 32.2. The van der Waals surface area contributed by atoms with Crippen LogP contribution in [0.5, 0.6) is 0 Å². The lowest BCUT2D eigenvalue weighted by Crippen LogP contribution is -2.25. The standard InChI is InChI=1S/C17H15N5O2S2/c23-15(18-8-14-20-12-3-1-2-4-13(12)21-14)10-25-9-11-7-16(24)22-5-6-26-17(22)19-11/h1-7H,8-10H2,(H,18,23)(H,20,21). The molecule has 2 N–H and O–H groups in total. The maximum absolute atomic E-state index is 12.0. The normalized spacial score (nSPS) is 11.2. The fourth-order valence-electron chi connectivity index (χ4n) is 2.53. The molecule has 0 spiro atoms. The van der Waals surface area contributed by atoms with E-state index in [-0.39, 0.29) is 11.5 Å². The molecule has 0 saturated heterocycles. The van der Waals surface area contributed by atoms with E-state index in [1.165, 1.54) is 33.6 Å². The van der Waals surface area contributed by atoms with Crippen LogP contribution in [0, 0.1) is 0 Å². The fourth-order valence-corrected chi connectivity index (χ4v) is 4.02. The number of H-pyrrole nitrogens is 1. The summed E-state index contributed by atoms with van der Waals surface area (Å²) < 4.78 is 1.51. The smallest absolute Gasteiger partial charge is 0.258 e. The fraction of sp³-hybridized carbons (Fsp3) is 0.176. The highest BCUT2D eigenvalue weighted by Crippen LogP contribution is 2.13. The number of nitrogens with zero attached hydrogens (tertiary/aromatic N) is 3. The van der Waals surface area contributed by atoms with Crippen molar-refractivity contribution in [2.45, 2.75) is 12.3 Å². The Balaban J connectivity index is 1.28. The Hall–Kier alpha value is -2.65. The summed E-state index contributed by atoms with van der Waals surface area (Å²) in [6, 6.07) is 9.25. The molecule has 9 heteroatoms. The Bertz CT molecular complexity index is 1100. The van der Waals surface area contributed by atoms with Gasteiger partial charge in [0, 0.05) is 23.4 Å². The Labute approximate surface area is 156 Å². The zero-order valence-electron chi connectivity index (χ0n) is 13.6. The van der Waals surface area contributed by atoms with Crippen LogP contribution >= 0.6 is 23.1 Å². The Kier molecular flexibility index (Phi) is 4.72. The van der Waals surface area contributed by atoms with Gasteiger partial charge in [-0.25, -0.2) is 9.97 Å². The number of amides is 1. The largest absolute Gasteiger partial charge is 0.348 e. The number of thioether (sulfide) groups is 1. The van der Waals surface area contributed by atoms with Crippen LogP contribution in [0.3, 0.4) is 0 Å². The number of thiazole rings is 1. The molecule has 7 nitrogen and oxygen atoms in total. The predicted molar refractivity (Wildman–Crippen MR) is 103 cm³/mol. The van der Waals surface area contributed by atoms with Crippen LogP contribution in [-0.2, 0) is 17.1 Å². The van der Waals surface area contributed by atoms with Gasteiger partial charge in [-0.15, -0.1) is 23.1 Å². The molecular weight excluding hydrogens is 370 g/mol. The second-order valence-electron chi connectivity index (χ2n) is 5.61. The topological polar surface area (TPSA) is 92.2 Å². The first-order chi connectivity index (χ1) is 12.7. The summed E-state index contributed by atoms with van der Waals surface area (Å²) >= 11 is 2.84. The number of aromatic nitrogens is 4. The number of rotatable bonds is 6. The van der Waals surface area contributed by atoms with Crippen molar-refractivity contribution in [2.24, 2.45) is 0 Å². The maximum Gasteiger partial charge on any atom is 0.258 e. The average molecular weight is 385 g/mol. The molecule has 0 saturated carbocycles. The van der Waals surface area contributed by atoms with Crippen LogP contribution in [0.25, 0.3) is 16.0 Å². The molecule has 1 aromatic carbocycles. The number of hydrogen-bond acceptors (Lipinski definition) is 6. The van der Waals surface area contributed by atoms with E-state index in [0.717, 1.165) is 16.9 Å². The zero-order chi connectivity index (χ0) is 17.9. The molecule has 3 heterocycles. The van der Waals surface area contributed by atoms with Crippen LogP contribution in [0.1, 0.15) is 11.5 Å². The van der Waals surface area contributed by atoms with Crippen molar-refractivity contribution in [3.8, 4) is 0 Å². The molecule has 0 atom stereocenters. The monoisotopic (exact) mass is 385 g/mol. The van der Waals surface area contributed by atoms with E-state index in [1.807, 2.05) is 29.6 Å². The number of benzene rings is 1. The van der Waals surface area contributed by atoms with Gasteiger partial charge in [0.05, 0.1) is 29.0 Å². The summed E-state index contributed by atoms with van der Waals surface area (Å²) in [4.78, 5) is 36.6. The maximum atomic E-state index is 12.0. The molecule has 0 bridgehead atoms. The number of nitrogens with one attached hydrogen (secondary N) is 2. The van der Waals surface area contributed by atoms with Gasteiger partial charge < -0.3 is 10.3 Å². The number of aromatic amines is 1. The Morgan fingerprint density at radius 1 is 1.31 bits per heavy atom. The van der Waals surface area contributed by atoms with Gasteiger partial charge in [0.25, 0.3) is 5.56 Å². The Morgan fingerprint density at radius 2 is 2.19 bits per heavy atom. The zero-order valence-corrected chi connectivity index (χ0v) is 15.3. The van der Waals surface area contributed by atoms with Gasteiger partial charge in [0.2, 0.25) is 5.91 Å². The molecular formula is C17H15N5O2S2. The lowest BCUT2D eigenvalue weighted by atomic mass is 10.3. The lowest BCUT2D eigenvalue weighted by Gasteiger charge is -2.03. The van der Waals surface area contributed by atoms with Crippen LogP contribution in [0.2, 0.25) is 0 Å². The number of carbonyl (C=O) groups is 1. The van der Waals surface area contributed by atoms with Crippen molar-refractivity contribution >= 4 is 45.0 Å². The first-order valence-electron chi connectivity index (χ1n) is 7.93. The first kappa shape index (κ1) is 16.8. The molecule has 1 amide bonds. The SMILES string of the molecule is O=C(CSCc1cc(=O)n2ccsc2n1)NCc1nc2ccccc2[nH]1. The lowest BCUT2D eigenvalue weighted by molar-refractivity contribution is -0.118. The third kappa shape index (κ3) is 3.63. The third-order valence-corrected chi connectivity index (χ3v) is 5.45. The number of para-hydroxylation sites is 2. The van der Waals surface area contributed by atoms with Crippen LogP contribution in [0.4, 0.5) is 0 Å². The minimum atomic E-state index is -0.0961. The minimum Gasteiger partial charge on any atom is -0.348 e. The van der Waals surface area contributed by atoms with E-state index in [2.05, 4.69) is 20.3 Å². The molecule has 3 aromatic heterocycles. The third-order valence-electron chi connectivity index (χ3n) is 3.73. The molecule has 0 aliphatic rings. The second-order valence-corrected chi connectivity index (χ2v) is 7.47. The summed E-state index contributed by atoms with van der Waals surface area (Å²) in [5, 5.41) is 4.67. The van der Waals surface area contributed by atoms with Gasteiger partial charge in [-0.1, -0.05) is 12.1 Å². The summed E-state index contributed by atoms with van der Waals surface area (Å²) in [5.74, 6) is 1.46. The van der Waals surface area contributed by atoms with E-state index < -0.39 is 0 Å². The van der Waals surface area contributed by atoms with E-state index >= 15 is 0 Å². The van der Waals surface area contributed by atoms with Crippen molar-refractivity contribution < 1.29 is 4.79 Å². The van der Waals surface area contributed by atoms with Crippen LogP contribution in [-0.4, -0.2) is 31.0 Å². The second kappa shape index (κ2) is 7.30. The molecule has 4 aromatic rings. The summed E-state index contributed by atoms with van der Waals surface area (Å²) in [7, 11) is 0. The van der Waals surface area contributed by atoms with Crippen LogP contribution < -0.4 is 10.9 Å². The summed E-state index contributed by atoms with van der Waals surface area (Å²) in [6.07, 6.45) is 1.71. The quantitative estimate of drug-likeness (QED) is 0.531. The average Bonchev–Trinajstić information content (AvgIpc) is 3.26. The van der Waals surface area contributed by atoms with Crippen molar-refractivity contribution in [1.82, 2.24) is 24.7 Å².